The predicted octanol–water partition coefficient (Wildman–Crippen LogP) is 3.97. The van der Waals surface area contributed by atoms with Gasteiger partial charge in [-0.2, -0.15) is 5.10 Å². The van der Waals surface area contributed by atoms with Crippen LogP contribution >= 0.6 is 11.3 Å². The number of amides is 1. The summed E-state index contributed by atoms with van der Waals surface area (Å²) in [5.74, 6) is 1.55. The second-order valence-electron chi connectivity index (χ2n) is 6.80. The number of nitrogens with zero attached hydrogens (tertiary/aromatic N) is 4. The summed E-state index contributed by atoms with van der Waals surface area (Å²) in [6, 6.07) is 9.85. The van der Waals surface area contributed by atoms with Gasteiger partial charge in [0.05, 0.1) is 6.20 Å². The van der Waals surface area contributed by atoms with Crippen molar-refractivity contribution in [2.75, 3.05) is 5.32 Å². The largest absolute Gasteiger partial charge is 0.454 e. The lowest BCUT2D eigenvalue weighted by atomic mass is 10.2. The molecule has 4 heterocycles. The van der Waals surface area contributed by atoms with Crippen LogP contribution in [0.3, 0.4) is 0 Å². The van der Waals surface area contributed by atoms with Crippen LogP contribution in [0.4, 0.5) is 5.13 Å². The van der Waals surface area contributed by atoms with Gasteiger partial charge < -0.3 is 9.73 Å². The lowest BCUT2D eigenvalue weighted by molar-refractivity contribution is -0.117. The Hall–Kier alpha value is -3.46. The maximum Gasteiger partial charge on any atom is 0.229 e. The van der Waals surface area contributed by atoms with E-state index in [2.05, 4.69) is 25.5 Å². The number of para-hydroxylation sites is 1. The van der Waals surface area contributed by atoms with E-state index < -0.39 is 0 Å². The molecule has 0 atom stereocenters. The van der Waals surface area contributed by atoms with Gasteiger partial charge in [-0.05, 0) is 25.0 Å². The second-order valence-corrected chi connectivity index (χ2v) is 7.80. The molecule has 0 radical (unpaired) electrons. The molecule has 0 bridgehead atoms. The summed E-state index contributed by atoms with van der Waals surface area (Å²) in [7, 11) is 0. The Morgan fingerprint density at radius 1 is 1.32 bits per heavy atom. The Morgan fingerprint density at radius 2 is 2.21 bits per heavy atom. The molecule has 1 saturated carbocycles. The zero-order valence-electron chi connectivity index (χ0n) is 14.5. The second kappa shape index (κ2) is 5.77. The number of hydrogen-bond donors (Lipinski definition) is 2. The molecule has 1 fully saturated rings. The molecule has 6 rings (SSSR count). The fourth-order valence-corrected chi connectivity index (χ4v) is 4.13. The predicted molar refractivity (Wildman–Crippen MR) is 105 cm³/mol. The van der Waals surface area contributed by atoms with Crippen molar-refractivity contribution in [3.05, 3.63) is 42.9 Å². The average Bonchev–Trinajstić information content (AvgIpc) is 3.03. The number of fused-ring (bicyclic) bond motifs is 2. The molecule has 1 aliphatic carbocycles. The third-order valence-corrected chi connectivity index (χ3v) is 5.79. The van der Waals surface area contributed by atoms with Crippen LogP contribution in [0, 0.1) is 5.92 Å². The average molecular weight is 390 g/mol. The number of hydrogen-bond acceptors (Lipinski definition) is 6. The van der Waals surface area contributed by atoms with Crippen LogP contribution < -0.4 is 5.32 Å². The van der Waals surface area contributed by atoms with Gasteiger partial charge in [-0.1, -0.05) is 29.5 Å². The highest BCUT2D eigenvalue weighted by molar-refractivity contribution is 7.22. The van der Waals surface area contributed by atoms with Crippen molar-refractivity contribution in [1.82, 2.24) is 24.7 Å². The van der Waals surface area contributed by atoms with E-state index in [1.807, 2.05) is 34.9 Å². The Balaban J connectivity index is 1.41. The minimum Gasteiger partial charge on any atom is -0.454 e. The molecule has 9 heteroatoms. The molecule has 2 N–H and O–H groups in total. The number of imidazole rings is 1. The Kier molecular flexibility index (Phi) is 3.21. The molecule has 8 nitrogen and oxygen atoms in total. The van der Waals surface area contributed by atoms with Gasteiger partial charge in [0.2, 0.25) is 5.91 Å². The van der Waals surface area contributed by atoms with E-state index in [9.17, 15) is 4.79 Å². The Bertz CT molecular complexity index is 1310. The van der Waals surface area contributed by atoms with Crippen molar-refractivity contribution >= 4 is 43.7 Å². The number of anilines is 1. The zero-order chi connectivity index (χ0) is 18.7. The zero-order valence-corrected chi connectivity index (χ0v) is 15.4. The number of H-pyrrole nitrogens is 1. The van der Waals surface area contributed by atoms with Gasteiger partial charge in [0.15, 0.2) is 22.4 Å². The molecule has 0 spiro atoms. The van der Waals surface area contributed by atoms with E-state index in [1.165, 1.54) is 11.3 Å². The highest BCUT2D eigenvalue weighted by atomic mass is 32.1. The van der Waals surface area contributed by atoms with Crippen LogP contribution in [0.1, 0.15) is 12.8 Å². The van der Waals surface area contributed by atoms with Gasteiger partial charge in [0.25, 0.3) is 0 Å². The fourth-order valence-electron chi connectivity index (χ4n) is 3.23. The number of thiazole rings is 1. The van der Waals surface area contributed by atoms with Crippen molar-refractivity contribution < 1.29 is 9.21 Å². The molecule has 1 amide bonds. The highest BCUT2D eigenvalue weighted by Crippen LogP contribution is 2.35. The van der Waals surface area contributed by atoms with Gasteiger partial charge in [-0.3, -0.25) is 14.5 Å². The lowest BCUT2D eigenvalue weighted by Crippen LogP contribution is -2.12. The van der Waals surface area contributed by atoms with E-state index in [-0.39, 0.29) is 11.8 Å². The minimum absolute atomic E-state index is 0.0384. The van der Waals surface area contributed by atoms with E-state index >= 15 is 0 Å². The number of carbonyl (C=O) groups excluding carboxylic acids is 1. The molecule has 0 aliphatic heterocycles. The van der Waals surface area contributed by atoms with Gasteiger partial charge in [-0.15, -0.1) is 0 Å². The summed E-state index contributed by atoms with van der Waals surface area (Å²) in [4.78, 5) is 20.7. The highest BCUT2D eigenvalue weighted by Gasteiger charge is 2.30. The topological polar surface area (TPSA) is 102 Å². The first-order valence-corrected chi connectivity index (χ1v) is 9.75. The van der Waals surface area contributed by atoms with Gasteiger partial charge >= 0.3 is 0 Å². The summed E-state index contributed by atoms with van der Waals surface area (Å²) in [5, 5.41) is 11.8. The summed E-state index contributed by atoms with van der Waals surface area (Å²) in [5.41, 5.74) is 2.25. The molecule has 138 valence electrons. The van der Waals surface area contributed by atoms with E-state index in [1.54, 1.807) is 12.5 Å². The van der Waals surface area contributed by atoms with Gasteiger partial charge in [0, 0.05) is 11.3 Å². The monoisotopic (exact) mass is 390 g/mol. The summed E-state index contributed by atoms with van der Waals surface area (Å²) in [6.45, 7) is 0. The summed E-state index contributed by atoms with van der Waals surface area (Å²) >= 11 is 1.40. The van der Waals surface area contributed by atoms with Crippen molar-refractivity contribution in [1.29, 1.82) is 0 Å². The van der Waals surface area contributed by atoms with Crippen LogP contribution in [-0.4, -0.2) is 30.6 Å². The van der Waals surface area contributed by atoms with Crippen LogP contribution in [-0.2, 0) is 4.79 Å². The number of aromatic amines is 1. The lowest BCUT2D eigenvalue weighted by Gasteiger charge is -2.02. The molecule has 28 heavy (non-hydrogen) atoms. The van der Waals surface area contributed by atoms with E-state index in [0.717, 1.165) is 34.2 Å². The Morgan fingerprint density at radius 3 is 3.07 bits per heavy atom. The fraction of sp³-hybridized carbons (Fsp3) is 0.158. The first kappa shape index (κ1) is 15.6. The summed E-state index contributed by atoms with van der Waals surface area (Å²) < 4.78 is 8.70. The van der Waals surface area contributed by atoms with Gasteiger partial charge in [-0.25, -0.2) is 9.97 Å². The molecule has 0 unspecified atom stereocenters. The minimum atomic E-state index is 0.0384. The van der Waals surface area contributed by atoms with Crippen molar-refractivity contribution in [3.8, 4) is 17.3 Å². The number of aromatic nitrogens is 5. The van der Waals surface area contributed by atoms with Crippen molar-refractivity contribution in [2.45, 2.75) is 12.8 Å². The molecular formula is C19H14N6O2S. The molecule has 4 aromatic heterocycles. The molecule has 1 aromatic carbocycles. The van der Waals surface area contributed by atoms with Gasteiger partial charge in [0.1, 0.15) is 22.3 Å². The normalized spacial score (nSPS) is 14.1. The third kappa shape index (κ3) is 2.43. The third-order valence-electron chi connectivity index (χ3n) is 4.82. The number of nitrogens with one attached hydrogen (secondary N) is 2. The molecule has 5 aromatic rings. The molecular weight excluding hydrogens is 376 g/mol. The molecule has 0 saturated heterocycles. The van der Waals surface area contributed by atoms with Crippen LogP contribution in [0.2, 0.25) is 0 Å². The molecule has 1 aliphatic rings. The summed E-state index contributed by atoms with van der Waals surface area (Å²) in [6.07, 6.45) is 5.35. The first-order chi connectivity index (χ1) is 13.8. The number of carbonyl (C=O) groups is 1. The Labute approximate surface area is 162 Å². The van der Waals surface area contributed by atoms with Crippen LogP contribution in [0.15, 0.2) is 47.3 Å². The quantitative estimate of drug-likeness (QED) is 0.483. The number of furan rings is 1. The van der Waals surface area contributed by atoms with Crippen molar-refractivity contribution in [2.24, 2.45) is 5.92 Å². The van der Waals surface area contributed by atoms with E-state index in [4.69, 9.17) is 4.42 Å². The number of benzene rings is 1. The van der Waals surface area contributed by atoms with Crippen LogP contribution in [0.25, 0.3) is 38.6 Å². The standard InChI is InChI=1S/C19H14N6O2S/c26-18(10-5-6-10)22-19-21-16-15(28-19)17(24-23-16)25-9-20-8-12(25)14-7-11-3-1-2-4-13(11)27-14/h1-4,7-10H,5-6H2,(H2,21,22,23,24,26). The van der Waals surface area contributed by atoms with Crippen LogP contribution in [0.5, 0.6) is 0 Å². The maximum atomic E-state index is 12.0. The smallest absolute Gasteiger partial charge is 0.229 e. The SMILES string of the molecule is O=C(Nc1nc2[nH]nc(-n3cncc3-c3cc4ccccc4o3)c2s1)C1CC1. The maximum absolute atomic E-state index is 12.0. The van der Waals surface area contributed by atoms with E-state index in [0.29, 0.717) is 22.4 Å². The van der Waals surface area contributed by atoms with Crippen molar-refractivity contribution in [3.63, 3.8) is 0 Å². The first-order valence-electron chi connectivity index (χ1n) is 8.94. The number of rotatable bonds is 4.